The number of methoxy groups -OCH3 is 1. The zero-order valence-corrected chi connectivity index (χ0v) is 5.99. The first kappa shape index (κ1) is 7.72. The zero-order chi connectivity index (χ0) is 7.40. The van der Waals surface area contributed by atoms with E-state index in [1.54, 1.807) is 7.11 Å². The lowest BCUT2D eigenvalue weighted by Crippen LogP contribution is -2.27. The Morgan fingerprint density at radius 1 is 1.80 bits per heavy atom. The molecule has 0 unspecified atom stereocenters. The van der Waals surface area contributed by atoms with E-state index in [4.69, 9.17) is 14.6 Å². The van der Waals surface area contributed by atoms with E-state index in [0.29, 0.717) is 0 Å². The van der Waals surface area contributed by atoms with E-state index in [9.17, 15) is 0 Å². The molecule has 1 heterocycles. The first-order valence-corrected chi connectivity index (χ1v) is 3.32. The second-order valence-corrected chi connectivity index (χ2v) is 2.21. The Kier molecular flexibility index (Phi) is 2.86. The van der Waals surface area contributed by atoms with Gasteiger partial charge in [0.15, 0.2) is 6.29 Å². The van der Waals surface area contributed by atoms with Crippen molar-refractivity contribution in [1.82, 2.24) is 0 Å². The van der Waals surface area contributed by atoms with E-state index in [-0.39, 0.29) is 19.0 Å². The van der Waals surface area contributed by atoms with Crippen LogP contribution in [0.15, 0.2) is 12.2 Å². The Morgan fingerprint density at radius 2 is 2.60 bits per heavy atom. The van der Waals surface area contributed by atoms with E-state index in [2.05, 4.69) is 0 Å². The molecule has 58 valence electrons. The minimum absolute atomic E-state index is 0.0597. The first-order chi connectivity index (χ1) is 4.86. The molecule has 0 saturated carbocycles. The Labute approximate surface area is 60.3 Å². The molecule has 3 heteroatoms. The lowest BCUT2D eigenvalue weighted by molar-refractivity contribution is -0.141. The maximum Gasteiger partial charge on any atom is 0.176 e. The summed E-state index contributed by atoms with van der Waals surface area (Å²) in [6.07, 6.45) is 4.21. The third-order valence-electron chi connectivity index (χ3n) is 1.45. The van der Waals surface area contributed by atoms with Crippen molar-refractivity contribution in [3.8, 4) is 0 Å². The van der Waals surface area contributed by atoms with Crippen molar-refractivity contribution in [3.63, 3.8) is 0 Å². The smallest absolute Gasteiger partial charge is 0.176 e. The average molecular weight is 144 g/mol. The number of rotatable bonds is 2. The van der Waals surface area contributed by atoms with Gasteiger partial charge in [-0.1, -0.05) is 6.08 Å². The van der Waals surface area contributed by atoms with Crippen molar-refractivity contribution in [2.24, 2.45) is 0 Å². The van der Waals surface area contributed by atoms with Crippen molar-refractivity contribution >= 4 is 0 Å². The summed E-state index contributed by atoms with van der Waals surface area (Å²) in [6, 6.07) is 0. The van der Waals surface area contributed by atoms with Gasteiger partial charge in [0.1, 0.15) is 0 Å². The summed E-state index contributed by atoms with van der Waals surface area (Å²) in [5.74, 6) is 0. The standard InChI is InChI=1S/C7H12O3/c1-9-7-4-2-3-6(5-8)10-7/h2,4,6-8H,3,5H2,1H3/t6-,7-/m1/s1. The predicted octanol–water partition coefficient (Wildman–Crippen LogP) is 0.296. The molecule has 1 aliphatic rings. The van der Waals surface area contributed by atoms with Crippen LogP contribution in [0.4, 0.5) is 0 Å². The largest absolute Gasteiger partial charge is 0.394 e. The number of aliphatic hydroxyl groups is 1. The monoisotopic (exact) mass is 144 g/mol. The molecule has 1 rings (SSSR count). The predicted molar refractivity (Wildman–Crippen MR) is 36.5 cm³/mol. The number of ether oxygens (including phenoxy) is 2. The normalized spacial score (nSPS) is 32.6. The summed E-state index contributed by atoms with van der Waals surface area (Å²) in [7, 11) is 1.58. The van der Waals surface area contributed by atoms with Crippen LogP contribution >= 0.6 is 0 Å². The summed E-state index contributed by atoms with van der Waals surface area (Å²) in [6.45, 7) is 0.0597. The van der Waals surface area contributed by atoms with Crippen LogP contribution in [-0.2, 0) is 9.47 Å². The lowest BCUT2D eigenvalue weighted by atomic mass is 10.2. The molecule has 1 N–H and O–H groups in total. The van der Waals surface area contributed by atoms with E-state index in [0.717, 1.165) is 6.42 Å². The van der Waals surface area contributed by atoms with Crippen LogP contribution < -0.4 is 0 Å². The maximum atomic E-state index is 8.69. The summed E-state index contributed by atoms with van der Waals surface area (Å²) in [5.41, 5.74) is 0. The molecule has 2 atom stereocenters. The number of aliphatic hydroxyl groups excluding tert-OH is 1. The van der Waals surface area contributed by atoms with Crippen LogP contribution in [0, 0.1) is 0 Å². The van der Waals surface area contributed by atoms with Crippen LogP contribution in [-0.4, -0.2) is 31.2 Å². The van der Waals surface area contributed by atoms with Gasteiger partial charge in [-0.25, -0.2) is 0 Å². The highest BCUT2D eigenvalue weighted by Gasteiger charge is 2.15. The third kappa shape index (κ3) is 1.80. The Bertz CT molecular complexity index is 122. The quantitative estimate of drug-likeness (QED) is 0.566. The van der Waals surface area contributed by atoms with Crippen molar-refractivity contribution < 1.29 is 14.6 Å². The molecule has 0 radical (unpaired) electrons. The van der Waals surface area contributed by atoms with Crippen molar-refractivity contribution in [3.05, 3.63) is 12.2 Å². The van der Waals surface area contributed by atoms with E-state index in [1.165, 1.54) is 0 Å². The maximum absolute atomic E-state index is 8.69. The van der Waals surface area contributed by atoms with Gasteiger partial charge in [0, 0.05) is 7.11 Å². The van der Waals surface area contributed by atoms with Crippen LogP contribution in [0.3, 0.4) is 0 Å². The molecule has 10 heavy (non-hydrogen) atoms. The number of hydrogen-bond acceptors (Lipinski definition) is 3. The fourth-order valence-corrected chi connectivity index (χ4v) is 0.884. The van der Waals surface area contributed by atoms with Crippen LogP contribution in [0.1, 0.15) is 6.42 Å². The fraction of sp³-hybridized carbons (Fsp3) is 0.714. The second-order valence-electron chi connectivity index (χ2n) is 2.21. The zero-order valence-electron chi connectivity index (χ0n) is 5.99. The van der Waals surface area contributed by atoms with Gasteiger partial charge < -0.3 is 14.6 Å². The third-order valence-corrected chi connectivity index (χ3v) is 1.45. The van der Waals surface area contributed by atoms with Gasteiger partial charge in [-0.05, 0) is 12.5 Å². The molecular weight excluding hydrogens is 132 g/mol. The molecule has 0 aromatic heterocycles. The Balaban J connectivity index is 2.38. The summed E-state index contributed by atoms with van der Waals surface area (Å²) < 4.78 is 10.1. The van der Waals surface area contributed by atoms with Gasteiger partial charge >= 0.3 is 0 Å². The van der Waals surface area contributed by atoms with Crippen molar-refractivity contribution in [2.75, 3.05) is 13.7 Å². The molecule has 0 spiro atoms. The van der Waals surface area contributed by atoms with Crippen molar-refractivity contribution in [1.29, 1.82) is 0 Å². The number of hydrogen-bond donors (Lipinski definition) is 1. The highest BCUT2D eigenvalue weighted by molar-refractivity contribution is 4.92. The molecule has 0 aromatic carbocycles. The lowest BCUT2D eigenvalue weighted by Gasteiger charge is -2.22. The molecule has 0 fully saturated rings. The van der Waals surface area contributed by atoms with Gasteiger partial charge in [-0.2, -0.15) is 0 Å². The molecule has 0 aromatic rings. The molecule has 0 saturated heterocycles. The minimum atomic E-state index is -0.272. The van der Waals surface area contributed by atoms with Gasteiger partial charge in [0.05, 0.1) is 12.7 Å². The molecule has 0 aliphatic carbocycles. The van der Waals surface area contributed by atoms with Gasteiger partial charge in [-0.3, -0.25) is 0 Å². The van der Waals surface area contributed by atoms with E-state index < -0.39 is 0 Å². The highest BCUT2D eigenvalue weighted by atomic mass is 16.7. The minimum Gasteiger partial charge on any atom is -0.394 e. The van der Waals surface area contributed by atoms with Crippen LogP contribution in [0.25, 0.3) is 0 Å². The first-order valence-electron chi connectivity index (χ1n) is 3.32. The Morgan fingerprint density at radius 3 is 3.20 bits per heavy atom. The van der Waals surface area contributed by atoms with Gasteiger partial charge in [-0.15, -0.1) is 0 Å². The summed E-state index contributed by atoms with van der Waals surface area (Å²) in [5, 5.41) is 8.69. The summed E-state index contributed by atoms with van der Waals surface area (Å²) in [4.78, 5) is 0. The van der Waals surface area contributed by atoms with Crippen LogP contribution in [0.5, 0.6) is 0 Å². The van der Waals surface area contributed by atoms with Crippen LogP contribution in [0.2, 0.25) is 0 Å². The molecular formula is C7H12O3. The topological polar surface area (TPSA) is 38.7 Å². The SMILES string of the molecule is CO[C@H]1C=CC[C@H](CO)O1. The second kappa shape index (κ2) is 3.71. The molecule has 0 bridgehead atoms. The fourth-order valence-electron chi connectivity index (χ4n) is 0.884. The Hall–Kier alpha value is -0.380. The van der Waals surface area contributed by atoms with E-state index >= 15 is 0 Å². The van der Waals surface area contributed by atoms with Gasteiger partial charge in [0.25, 0.3) is 0 Å². The molecule has 1 aliphatic heterocycles. The van der Waals surface area contributed by atoms with E-state index in [1.807, 2.05) is 12.2 Å². The van der Waals surface area contributed by atoms with Gasteiger partial charge in [0.2, 0.25) is 0 Å². The molecule has 0 amide bonds. The molecule has 3 nitrogen and oxygen atoms in total. The van der Waals surface area contributed by atoms with Crippen molar-refractivity contribution in [2.45, 2.75) is 18.8 Å². The average Bonchev–Trinajstić information content (AvgIpc) is 2.05. The highest BCUT2D eigenvalue weighted by Crippen LogP contribution is 2.11. The summed E-state index contributed by atoms with van der Waals surface area (Å²) >= 11 is 0.